The minimum Gasteiger partial charge on any atom is -0.445 e. The summed E-state index contributed by atoms with van der Waals surface area (Å²) in [6.07, 6.45) is -0.350. The van der Waals surface area contributed by atoms with E-state index in [1.54, 1.807) is 0 Å². The lowest BCUT2D eigenvalue weighted by Gasteiger charge is -2.18. The molecule has 7 heteroatoms. The van der Waals surface area contributed by atoms with Crippen molar-refractivity contribution in [3.05, 3.63) is 96.1 Å². The Morgan fingerprint density at radius 1 is 0.871 bits per heavy atom. The molecule has 0 aliphatic rings. The lowest BCUT2D eigenvalue weighted by molar-refractivity contribution is -0.118. The number of aromatic nitrogens is 2. The topological polar surface area (TPSA) is 96.1 Å². The summed E-state index contributed by atoms with van der Waals surface area (Å²) >= 11 is 0. The molecule has 0 saturated heterocycles. The fourth-order valence-electron chi connectivity index (χ4n) is 3.18. The number of carbonyl (C=O) groups excluding carboxylic acids is 2. The molecule has 156 valence electrons. The first-order valence-corrected chi connectivity index (χ1v) is 9.94. The van der Waals surface area contributed by atoms with Crippen LogP contribution in [0.25, 0.3) is 11.0 Å². The zero-order valence-electron chi connectivity index (χ0n) is 16.7. The van der Waals surface area contributed by atoms with Gasteiger partial charge in [-0.1, -0.05) is 72.8 Å². The summed E-state index contributed by atoms with van der Waals surface area (Å²) in [5.74, 6) is -0.0664. The Morgan fingerprint density at radius 3 is 2.23 bits per heavy atom. The maximum absolute atomic E-state index is 13.0. The van der Waals surface area contributed by atoms with E-state index in [-0.39, 0.29) is 12.5 Å². The molecule has 0 aliphatic carbocycles. The number of ether oxygens (including phenoxy) is 1. The first-order valence-electron chi connectivity index (χ1n) is 9.94. The number of benzene rings is 3. The number of imidazole rings is 1. The number of nitrogens with one attached hydrogen (secondary N) is 3. The molecule has 0 saturated carbocycles. The van der Waals surface area contributed by atoms with E-state index in [0.29, 0.717) is 12.4 Å². The number of H-pyrrole nitrogens is 1. The number of nitrogens with zero attached hydrogens (tertiary/aromatic N) is 1. The normalized spacial score (nSPS) is 11.6. The summed E-state index contributed by atoms with van der Waals surface area (Å²) in [4.78, 5) is 32.8. The van der Waals surface area contributed by atoms with E-state index < -0.39 is 12.1 Å². The maximum Gasteiger partial charge on any atom is 0.408 e. The van der Waals surface area contributed by atoms with Crippen molar-refractivity contribution in [3.8, 4) is 0 Å². The Morgan fingerprint density at radius 2 is 1.52 bits per heavy atom. The third-order valence-electron chi connectivity index (χ3n) is 4.73. The van der Waals surface area contributed by atoms with Crippen LogP contribution in [0.2, 0.25) is 0 Å². The molecule has 0 bridgehead atoms. The fraction of sp³-hybridized carbons (Fsp3) is 0.125. The second kappa shape index (κ2) is 9.58. The van der Waals surface area contributed by atoms with Crippen LogP contribution in [0.1, 0.15) is 11.1 Å². The number of hydrogen-bond acceptors (Lipinski definition) is 4. The van der Waals surface area contributed by atoms with Gasteiger partial charge in [0.15, 0.2) is 0 Å². The molecule has 1 unspecified atom stereocenters. The van der Waals surface area contributed by atoms with Gasteiger partial charge in [0.05, 0.1) is 11.0 Å². The van der Waals surface area contributed by atoms with E-state index in [9.17, 15) is 9.59 Å². The van der Waals surface area contributed by atoms with Crippen LogP contribution in [0.5, 0.6) is 0 Å². The molecule has 3 aromatic carbocycles. The zero-order chi connectivity index (χ0) is 21.5. The SMILES string of the molecule is O=C(NC(Cc1ccccc1)C(=O)Nc1nc2ccccc2[nH]1)OCc1ccccc1. The third-order valence-corrected chi connectivity index (χ3v) is 4.73. The summed E-state index contributed by atoms with van der Waals surface area (Å²) < 4.78 is 5.29. The van der Waals surface area contributed by atoms with Crippen molar-refractivity contribution in [1.82, 2.24) is 15.3 Å². The quantitative estimate of drug-likeness (QED) is 0.425. The van der Waals surface area contributed by atoms with Crippen molar-refractivity contribution < 1.29 is 14.3 Å². The molecule has 7 nitrogen and oxygen atoms in total. The third kappa shape index (κ3) is 5.48. The highest BCUT2D eigenvalue weighted by Crippen LogP contribution is 2.14. The lowest BCUT2D eigenvalue weighted by atomic mass is 10.1. The summed E-state index contributed by atoms with van der Waals surface area (Å²) in [6.45, 7) is 0.121. The van der Waals surface area contributed by atoms with Crippen LogP contribution < -0.4 is 10.6 Å². The van der Waals surface area contributed by atoms with E-state index in [0.717, 1.165) is 22.2 Å². The number of para-hydroxylation sites is 2. The van der Waals surface area contributed by atoms with E-state index in [1.807, 2.05) is 84.9 Å². The maximum atomic E-state index is 13.0. The average molecular weight is 414 g/mol. The molecule has 4 rings (SSSR count). The predicted octanol–water partition coefficient (Wildman–Crippen LogP) is 4.04. The van der Waals surface area contributed by atoms with Crippen molar-refractivity contribution in [2.24, 2.45) is 0 Å². The highest BCUT2D eigenvalue weighted by molar-refractivity contribution is 5.96. The van der Waals surface area contributed by atoms with Gasteiger partial charge in [0.25, 0.3) is 0 Å². The van der Waals surface area contributed by atoms with Crippen molar-refractivity contribution in [2.75, 3.05) is 5.32 Å². The van der Waals surface area contributed by atoms with Crippen LogP contribution in [-0.4, -0.2) is 28.0 Å². The van der Waals surface area contributed by atoms with Crippen LogP contribution in [0, 0.1) is 0 Å². The molecule has 0 aliphatic heterocycles. The molecule has 3 N–H and O–H groups in total. The number of hydrogen-bond donors (Lipinski definition) is 3. The van der Waals surface area contributed by atoms with Crippen LogP contribution in [0.15, 0.2) is 84.9 Å². The van der Waals surface area contributed by atoms with Gasteiger partial charge in [-0.25, -0.2) is 9.78 Å². The zero-order valence-corrected chi connectivity index (χ0v) is 16.7. The number of amides is 2. The van der Waals surface area contributed by atoms with Gasteiger partial charge >= 0.3 is 6.09 Å². The van der Waals surface area contributed by atoms with Crippen LogP contribution in [0.4, 0.5) is 10.7 Å². The predicted molar refractivity (Wildman–Crippen MR) is 118 cm³/mol. The monoisotopic (exact) mass is 414 g/mol. The van der Waals surface area contributed by atoms with E-state index in [2.05, 4.69) is 20.6 Å². The largest absolute Gasteiger partial charge is 0.445 e. The Balaban J connectivity index is 1.44. The Kier molecular flexibility index (Phi) is 6.23. The van der Waals surface area contributed by atoms with Gasteiger partial charge in [0, 0.05) is 6.42 Å². The Bertz CT molecular complexity index is 1130. The van der Waals surface area contributed by atoms with Crippen molar-refractivity contribution >= 4 is 29.0 Å². The molecule has 0 spiro atoms. The molecule has 31 heavy (non-hydrogen) atoms. The van der Waals surface area contributed by atoms with E-state index >= 15 is 0 Å². The van der Waals surface area contributed by atoms with Crippen molar-refractivity contribution in [3.63, 3.8) is 0 Å². The number of anilines is 1. The van der Waals surface area contributed by atoms with Crippen LogP contribution in [-0.2, 0) is 22.6 Å². The van der Waals surface area contributed by atoms with Gasteiger partial charge in [-0.3, -0.25) is 10.1 Å². The van der Waals surface area contributed by atoms with Gasteiger partial charge < -0.3 is 15.0 Å². The number of rotatable bonds is 7. The number of aromatic amines is 1. The number of carbonyl (C=O) groups is 2. The van der Waals surface area contributed by atoms with Gasteiger partial charge in [-0.15, -0.1) is 0 Å². The standard InChI is InChI=1S/C24H22N4O3/c29-22(28-23-25-19-13-7-8-14-20(19)26-23)21(15-17-9-3-1-4-10-17)27-24(30)31-16-18-11-5-2-6-12-18/h1-14,21H,15-16H2,(H,27,30)(H2,25,26,28,29). The Labute approximate surface area is 179 Å². The molecule has 1 aromatic heterocycles. The highest BCUT2D eigenvalue weighted by atomic mass is 16.5. The van der Waals surface area contributed by atoms with Gasteiger partial charge in [-0.2, -0.15) is 0 Å². The molecule has 0 radical (unpaired) electrons. The molecule has 1 heterocycles. The first-order chi connectivity index (χ1) is 15.2. The number of alkyl carbamates (subject to hydrolysis) is 1. The minimum absolute atomic E-state index is 0.121. The smallest absolute Gasteiger partial charge is 0.408 e. The first kappa shape index (κ1) is 20.2. The molecular formula is C24H22N4O3. The number of fused-ring (bicyclic) bond motifs is 1. The van der Waals surface area contributed by atoms with E-state index in [4.69, 9.17) is 4.74 Å². The Hall–Kier alpha value is -4.13. The van der Waals surface area contributed by atoms with Gasteiger partial charge in [0.1, 0.15) is 12.6 Å². The summed E-state index contributed by atoms with van der Waals surface area (Å²) in [6, 6.07) is 25.5. The highest BCUT2D eigenvalue weighted by Gasteiger charge is 2.23. The van der Waals surface area contributed by atoms with Crippen LogP contribution >= 0.6 is 0 Å². The molecule has 2 amide bonds. The molecular weight excluding hydrogens is 392 g/mol. The molecule has 1 atom stereocenters. The second-order valence-electron chi connectivity index (χ2n) is 7.04. The second-order valence-corrected chi connectivity index (χ2v) is 7.04. The molecule has 4 aromatic rings. The van der Waals surface area contributed by atoms with Gasteiger partial charge in [0.2, 0.25) is 11.9 Å². The average Bonchev–Trinajstić information content (AvgIpc) is 3.21. The molecule has 0 fully saturated rings. The fourth-order valence-corrected chi connectivity index (χ4v) is 3.18. The van der Waals surface area contributed by atoms with Crippen molar-refractivity contribution in [1.29, 1.82) is 0 Å². The van der Waals surface area contributed by atoms with Gasteiger partial charge in [-0.05, 0) is 23.3 Å². The summed E-state index contributed by atoms with van der Waals surface area (Å²) in [7, 11) is 0. The van der Waals surface area contributed by atoms with Crippen molar-refractivity contribution in [2.45, 2.75) is 19.1 Å². The minimum atomic E-state index is -0.834. The lowest BCUT2D eigenvalue weighted by Crippen LogP contribution is -2.45. The summed E-state index contributed by atoms with van der Waals surface area (Å²) in [5.41, 5.74) is 3.33. The van der Waals surface area contributed by atoms with Crippen LogP contribution in [0.3, 0.4) is 0 Å². The van der Waals surface area contributed by atoms with E-state index in [1.165, 1.54) is 0 Å². The summed E-state index contributed by atoms with van der Waals surface area (Å²) in [5, 5.41) is 5.43.